The van der Waals surface area contributed by atoms with Crippen LogP contribution in [0.3, 0.4) is 0 Å². The lowest BCUT2D eigenvalue weighted by Gasteiger charge is -2.09. The summed E-state index contributed by atoms with van der Waals surface area (Å²) in [7, 11) is 0. The largest absolute Gasteiger partial charge is 0.0988 e. The number of benzene rings is 9. The minimum Gasteiger partial charge on any atom is -0.0988 e. The van der Waals surface area contributed by atoms with E-state index in [1.807, 2.05) is 6.92 Å². The quantitative estimate of drug-likeness (QED) is 0.142. The zero-order valence-electron chi connectivity index (χ0n) is 24.2. The van der Waals surface area contributed by atoms with Gasteiger partial charge in [-0.15, -0.1) is 0 Å². The van der Waals surface area contributed by atoms with E-state index in [9.17, 15) is 0 Å². The smallest absolute Gasteiger partial charge is 0.00139 e. The third-order valence-corrected chi connectivity index (χ3v) is 8.91. The topological polar surface area (TPSA) is 0 Å². The Bertz CT molecular complexity index is 2080. The lowest BCUT2D eigenvalue weighted by molar-refractivity contribution is 1.58. The van der Waals surface area contributed by atoms with Crippen molar-refractivity contribution in [3.8, 4) is 0 Å². The van der Waals surface area contributed by atoms with Crippen LogP contribution in [0.4, 0.5) is 0 Å². The summed E-state index contributed by atoms with van der Waals surface area (Å²) >= 11 is 0. The molecule has 0 heteroatoms. The fourth-order valence-electron chi connectivity index (χ4n) is 6.94. The number of allylic oxidation sites excluding steroid dienone is 2. The summed E-state index contributed by atoms with van der Waals surface area (Å²) in [5.41, 5.74) is 1.02. The van der Waals surface area contributed by atoms with Gasteiger partial charge < -0.3 is 0 Å². The summed E-state index contributed by atoms with van der Waals surface area (Å²) in [5, 5.41) is 22.1. The summed E-state index contributed by atoms with van der Waals surface area (Å²) in [6.07, 6.45) is 1.72. The first-order valence-corrected chi connectivity index (χ1v) is 14.8. The fourth-order valence-corrected chi connectivity index (χ4v) is 6.94. The Labute approximate surface area is 250 Å². The van der Waals surface area contributed by atoms with E-state index in [1.165, 1.54) is 86.2 Å². The van der Waals surface area contributed by atoms with E-state index in [4.69, 9.17) is 0 Å². The summed E-state index contributed by atoms with van der Waals surface area (Å²) in [6.45, 7) is 8.93. The van der Waals surface area contributed by atoms with Gasteiger partial charge in [0.15, 0.2) is 0 Å². The fraction of sp³-hybridized carbons (Fsp3) is 0.0233. The highest BCUT2D eigenvalue weighted by Gasteiger charge is 2.19. The maximum absolute atomic E-state index is 3.56. The molecule has 0 nitrogen and oxygen atoms in total. The van der Waals surface area contributed by atoms with Crippen molar-refractivity contribution in [2.75, 3.05) is 0 Å². The van der Waals surface area contributed by atoms with Gasteiger partial charge in [0, 0.05) is 0 Å². The molecule has 0 aliphatic heterocycles. The monoisotopic (exact) mass is 546 g/mol. The summed E-state index contributed by atoms with van der Waals surface area (Å²) < 4.78 is 0. The van der Waals surface area contributed by atoms with Crippen LogP contribution in [0.1, 0.15) is 6.92 Å². The number of hydrogen-bond donors (Lipinski definition) is 0. The molecule has 10 rings (SSSR count). The van der Waals surface area contributed by atoms with E-state index in [1.54, 1.807) is 6.08 Å². The third kappa shape index (κ3) is 3.84. The molecule has 0 unspecified atom stereocenters. The summed E-state index contributed by atoms with van der Waals surface area (Å²) in [4.78, 5) is 0. The molecule has 0 aromatic heterocycles. The number of fused-ring (bicyclic) bond motifs is 6. The molecule has 0 aliphatic carbocycles. The van der Waals surface area contributed by atoms with E-state index < -0.39 is 0 Å². The second-order valence-electron chi connectivity index (χ2n) is 11.5. The van der Waals surface area contributed by atoms with Crippen molar-refractivity contribution in [2.45, 2.75) is 6.92 Å². The molecule has 0 atom stereocenters. The first-order chi connectivity index (χ1) is 21.1. The molecular weight excluding hydrogens is 516 g/mol. The van der Waals surface area contributed by atoms with E-state index in [0.717, 1.165) is 5.57 Å². The van der Waals surface area contributed by atoms with Gasteiger partial charge in [-0.1, -0.05) is 158 Å². The predicted molar refractivity (Wildman–Crippen MR) is 192 cm³/mol. The Balaban J connectivity index is 0.000000113. The second kappa shape index (κ2) is 9.82. The standard InChI is InChI=1S/C20H10.C18H12.C5H8/c1-2-12-5-6-14-9-10-15-8-7-13-4-3-11(1)16-17(12)19(14)20(15)18(13)16;1-2-8-14-13(7-1)15-9-3-4-11-17(15)18-12-6-5-10-16(14)18;1-4-5(2)3/h1-10H;1-12H;4H,1-2H2,3H3. The van der Waals surface area contributed by atoms with Gasteiger partial charge in [-0.05, 0) is 93.1 Å². The summed E-state index contributed by atoms with van der Waals surface area (Å²) in [5.74, 6) is 0. The summed E-state index contributed by atoms with van der Waals surface area (Å²) in [6, 6.07) is 48.5. The molecule has 0 aliphatic rings. The molecule has 0 saturated carbocycles. The number of hydrogen-bond acceptors (Lipinski definition) is 0. The minimum absolute atomic E-state index is 1.02. The zero-order valence-corrected chi connectivity index (χ0v) is 24.2. The van der Waals surface area contributed by atoms with Crippen LogP contribution in [0.15, 0.2) is 158 Å². The molecule has 0 fully saturated rings. The highest BCUT2D eigenvalue weighted by Crippen LogP contribution is 2.47. The third-order valence-electron chi connectivity index (χ3n) is 8.91. The van der Waals surface area contributed by atoms with Gasteiger partial charge in [-0.2, -0.15) is 0 Å². The van der Waals surface area contributed by atoms with Crippen molar-refractivity contribution in [3.63, 3.8) is 0 Å². The lowest BCUT2D eigenvalue weighted by Crippen LogP contribution is -1.81. The Morgan fingerprint density at radius 3 is 0.674 bits per heavy atom. The predicted octanol–water partition coefficient (Wildman–Crippen LogP) is 12.7. The highest BCUT2D eigenvalue weighted by molar-refractivity contribution is 6.44. The Morgan fingerprint density at radius 1 is 0.372 bits per heavy atom. The van der Waals surface area contributed by atoms with Gasteiger partial charge in [0.1, 0.15) is 0 Å². The molecule has 10 aromatic rings. The van der Waals surface area contributed by atoms with E-state index in [2.05, 4.69) is 147 Å². The molecule has 0 spiro atoms. The normalized spacial score (nSPS) is 11.6. The molecule has 0 N–H and O–H groups in total. The second-order valence-corrected chi connectivity index (χ2v) is 11.5. The molecule has 43 heavy (non-hydrogen) atoms. The van der Waals surface area contributed by atoms with Gasteiger partial charge in [0.25, 0.3) is 0 Å². The zero-order chi connectivity index (χ0) is 29.1. The van der Waals surface area contributed by atoms with Crippen molar-refractivity contribution >= 4 is 86.2 Å². The van der Waals surface area contributed by atoms with Crippen LogP contribution in [0.25, 0.3) is 86.2 Å². The van der Waals surface area contributed by atoms with Crippen LogP contribution in [0, 0.1) is 0 Å². The molecular formula is C43H30. The molecule has 0 amide bonds. The molecule has 0 radical (unpaired) electrons. The van der Waals surface area contributed by atoms with Crippen LogP contribution in [0.5, 0.6) is 0 Å². The first-order valence-electron chi connectivity index (χ1n) is 14.8. The van der Waals surface area contributed by atoms with E-state index in [0.29, 0.717) is 0 Å². The highest BCUT2D eigenvalue weighted by atomic mass is 14.2. The lowest BCUT2D eigenvalue weighted by atomic mass is 9.95. The van der Waals surface area contributed by atoms with Gasteiger partial charge in [0.05, 0.1) is 0 Å². The molecule has 0 bridgehead atoms. The van der Waals surface area contributed by atoms with Gasteiger partial charge in [-0.3, -0.25) is 0 Å². The Hall–Kier alpha value is -5.46. The molecule has 202 valence electrons. The van der Waals surface area contributed by atoms with Crippen LogP contribution >= 0.6 is 0 Å². The van der Waals surface area contributed by atoms with Gasteiger partial charge in [-0.25, -0.2) is 0 Å². The van der Waals surface area contributed by atoms with Gasteiger partial charge in [0.2, 0.25) is 0 Å². The van der Waals surface area contributed by atoms with E-state index in [-0.39, 0.29) is 0 Å². The van der Waals surface area contributed by atoms with Crippen LogP contribution in [-0.4, -0.2) is 0 Å². The van der Waals surface area contributed by atoms with Crippen molar-refractivity contribution in [3.05, 3.63) is 158 Å². The van der Waals surface area contributed by atoms with Crippen molar-refractivity contribution in [2.24, 2.45) is 0 Å². The van der Waals surface area contributed by atoms with Crippen molar-refractivity contribution in [1.82, 2.24) is 0 Å². The first kappa shape index (κ1) is 25.3. The molecule has 10 aromatic carbocycles. The molecule has 0 saturated heterocycles. The molecule has 0 heterocycles. The average molecular weight is 547 g/mol. The van der Waals surface area contributed by atoms with Gasteiger partial charge >= 0.3 is 0 Å². The maximum Gasteiger partial charge on any atom is -0.00139 e. The SMILES string of the molecule is C=CC(=C)C.c1cc2ccc3ccc4ccc5ccc1c1c2c3c4c51.c1ccc2c(c1)c1ccccc1c1ccccc21. The average Bonchev–Trinajstić information content (AvgIpc) is 3.45. The number of rotatable bonds is 1. The van der Waals surface area contributed by atoms with Crippen LogP contribution < -0.4 is 0 Å². The van der Waals surface area contributed by atoms with Crippen molar-refractivity contribution in [1.29, 1.82) is 0 Å². The Morgan fingerprint density at radius 2 is 0.535 bits per heavy atom. The van der Waals surface area contributed by atoms with E-state index >= 15 is 0 Å². The Kier molecular flexibility index (Phi) is 5.77. The van der Waals surface area contributed by atoms with Crippen LogP contribution in [-0.2, 0) is 0 Å². The van der Waals surface area contributed by atoms with Crippen molar-refractivity contribution < 1.29 is 0 Å². The van der Waals surface area contributed by atoms with Crippen LogP contribution in [0.2, 0.25) is 0 Å². The minimum atomic E-state index is 1.02. The maximum atomic E-state index is 3.56.